The standard InChI is InChI=1S/C12H26N2/c1-7-9-14(11(3,4)5)10-12(6,13)8-2/h7H,1,8-10,13H2,2-6H3. The zero-order valence-electron chi connectivity index (χ0n) is 10.4. The second-order valence-corrected chi connectivity index (χ2v) is 5.35. The Labute approximate surface area is 89.2 Å². The predicted octanol–water partition coefficient (Wildman–Crippen LogP) is 2.40. The topological polar surface area (TPSA) is 29.3 Å². The van der Waals surface area contributed by atoms with Crippen LogP contribution in [-0.4, -0.2) is 29.1 Å². The van der Waals surface area contributed by atoms with Gasteiger partial charge in [-0.15, -0.1) is 6.58 Å². The Bertz CT molecular complexity index is 177. The SMILES string of the molecule is C=CCN(CC(C)(N)CC)C(C)(C)C. The minimum atomic E-state index is -0.101. The van der Waals surface area contributed by atoms with E-state index < -0.39 is 0 Å². The fourth-order valence-corrected chi connectivity index (χ4v) is 1.28. The maximum absolute atomic E-state index is 6.17. The van der Waals surface area contributed by atoms with Gasteiger partial charge in [0.05, 0.1) is 0 Å². The molecule has 1 atom stereocenters. The third-order valence-corrected chi connectivity index (χ3v) is 2.66. The molecule has 0 aromatic rings. The second kappa shape index (κ2) is 4.94. The molecule has 0 aromatic heterocycles. The van der Waals surface area contributed by atoms with Gasteiger partial charge in [0, 0.05) is 24.2 Å². The molecular weight excluding hydrogens is 172 g/mol. The molecular formula is C12H26N2. The van der Waals surface area contributed by atoms with Gasteiger partial charge in [-0.3, -0.25) is 4.90 Å². The Morgan fingerprint density at radius 2 is 1.79 bits per heavy atom. The third-order valence-electron chi connectivity index (χ3n) is 2.66. The Balaban J connectivity index is 4.45. The van der Waals surface area contributed by atoms with E-state index in [1.807, 2.05) is 6.08 Å². The molecule has 0 aliphatic carbocycles. The molecule has 0 aliphatic rings. The third kappa shape index (κ3) is 4.77. The largest absolute Gasteiger partial charge is 0.324 e. The van der Waals surface area contributed by atoms with Crippen LogP contribution in [0.25, 0.3) is 0 Å². The van der Waals surface area contributed by atoms with E-state index in [9.17, 15) is 0 Å². The molecule has 0 saturated heterocycles. The summed E-state index contributed by atoms with van der Waals surface area (Å²) >= 11 is 0. The van der Waals surface area contributed by atoms with Gasteiger partial charge in [0.15, 0.2) is 0 Å². The van der Waals surface area contributed by atoms with Crippen LogP contribution >= 0.6 is 0 Å². The van der Waals surface area contributed by atoms with Crippen molar-refractivity contribution in [3.8, 4) is 0 Å². The molecule has 14 heavy (non-hydrogen) atoms. The smallest absolute Gasteiger partial charge is 0.0252 e. The molecule has 2 nitrogen and oxygen atoms in total. The molecule has 0 bridgehead atoms. The summed E-state index contributed by atoms with van der Waals surface area (Å²) in [6.07, 6.45) is 2.94. The summed E-state index contributed by atoms with van der Waals surface area (Å²) in [6.45, 7) is 16.5. The molecule has 0 amide bonds. The molecule has 0 aromatic carbocycles. The van der Waals surface area contributed by atoms with Crippen LogP contribution in [0.3, 0.4) is 0 Å². The van der Waals surface area contributed by atoms with Crippen LogP contribution in [-0.2, 0) is 0 Å². The quantitative estimate of drug-likeness (QED) is 0.687. The fourth-order valence-electron chi connectivity index (χ4n) is 1.28. The number of nitrogens with two attached hydrogens (primary N) is 1. The lowest BCUT2D eigenvalue weighted by Crippen LogP contribution is -2.53. The van der Waals surface area contributed by atoms with Crippen molar-refractivity contribution < 1.29 is 0 Å². The molecule has 0 spiro atoms. The van der Waals surface area contributed by atoms with Gasteiger partial charge in [-0.05, 0) is 34.1 Å². The van der Waals surface area contributed by atoms with Crippen molar-refractivity contribution in [2.24, 2.45) is 5.73 Å². The first-order valence-corrected chi connectivity index (χ1v) is 5.38. The van der Waals surface area contributed by atoms with Crippen molar-refractivity contribution in [1.29, 1.82) is 0 Å². The van der Waals surface area contributed by atoms with Crippen LogP contribution in [0.15, 0.2) is 12.7 Å². The van der Waals surface area contributed by atoms with E-state index in [-0.39, 0.29) is 11.1 Å². The van der Waals surface area contributed by atoms with Crippen molar-refractivity contribution in [2.75, 3.05) is 13.1 Å². The Kier molecular flexibility index (Phi) is 4.82. The van der Waals surface area contributed by atoms with Gasteiger partial charge < -0.3 is 5.73 Å². The molecule has 0 aliphatic heterocycles. The second-order valence-electron chi connectivity index (χ2n) is 5.35. The highest BCUT2D eigenvalue weighted by Crippen LogP contribution is 2.17. The maximum atomic E-state index is 6.17. The lowest BCUT2D eigenvalue weighted by molar-refractivity contribution is 0.120. The first-order chi connectivity index (χ1) is 6.23. The highest BCUT2D eigenvalue weighted by Gasteiger charge is 2.26. The van der Waals surface area contributed by atoms with Crippen LogP contribution in [0, 0.1) is 0 Å². The van der Waals surface area contributed by atoms with Crippen LogP contribution in [0.4, 0.5) is 0 Å². The van der Waals surface area contributed by atoms with Gasteiger partial charge in [-0.1, -0.05) is 13.0 Å². The number of rotatable bonds is 5. The van der Waals surface area contributed by atoms with E-state index in [0.29, 0.717) is 0 Å². The number of hydrogen-bond acceptors (Lipinski definition) is 2. The monoisotopic (exact) mass is 198 g/mol. The van der Waals surface area contributed by atoms with Crippen molar-refractivity contribution in [2.45, 2.75) is 52.1 Å². The van der Waals surface area contributed by atoms with E-state index in [1.165, 1.54) is 0 Å². The van der Waals surface area contributed by atoms with Gasteiger partial charge in [-0.25, -0.2) is 0 Å². The lowest BCUT2D eigenvalue weighted by atomic mass is 9.96. The lowest BCUT2D eigenvalue weighted by Gasteiger charge is -2.40. The van der Waals surface area contributed by atoms with E-state index in [1.54, 1.807) is 0 Å². The minimum absolute atomic E-state index is 0.101. The summed E-state index contributed by atoms with van der Waals surface area (Å²) in [4.78, 5) is 2.36. The van der Waals surface area contributed by atoms with Crippen LogP contribution in [0.2, 0.25) is 0 Å². The molecule has 1 unspecified atom stereocenters. The fraction of sp³-hybridized carbons (Fsp3) is 0.833. The number of hydrogen-bond donors (Lipinski definition) is 1. The highest BCUT2D eigenvalue weighted by atomic mass is 15.2. The van der Waals surface area contributed by atoms with Crippen molar-refractivity contribution in [1.82, 2.24) is 4.90 Å². The van der Waals surface area contributed by atoms with Crippen LogP contribution in [0.1, 0.15) is 41.0 Å². The summed E-state index contributed by atoms with van der Waals surface area (Å²) < 4.78 is 0. The molecule has 0 rings (SSSR count). The summed E-state index contributed by atoms with van der Waals surface area (Å²) in [6, 6.07) is 0. The molecule has 0 saturated carbocycles. The van der Waals surface area contributed by atoms with Crippen molar-refractivity contribution in [3.63, 3.8) is 0 Å². The highest BCUT2D eigenvalue weighted by molar-refractivity contribution is 4.89. The van der Waals surface area contributed by atoms with Gasteiger partial charge >= 0.3 is 0 Å². The van der Waals surface area contributed by atoms with Gasteiger partial charge in [0.25, 0.3) is 0 Å². The van der Waals surface area contributed by atoms with Gasteiger partial charge in [0.1, 0.15) is 0 Å². The van der Waals surface area contributed by atoms with Crippen molar-refractivity contribution >= 4 is 0 Å². The first-order valence-electron chi connectivity index (χ1n) is 5.38. The van der Waals surface area contributed by atoms with E-state index >= 15 is 0 Å². The molecule has 2 N–H and O–H groups in total. The Hall–Kier alpha value is -0.340. The molecule has 0 heterocycles. The molecule has 84 valence electrons. The maximum Gasteiger partial charge on any atom is 0.0252 e. The van der Waals surface area contributed by atoms with E-state index in [2.05, 4.69) is 46.1 Å². The summed E-state index contributed by atoms with van der Waals surface area (Å²) in [5.74, 6) is 0. The Morgan fingerprint density at radius 1 is 1.29 bits per heavy atom. The van der Waals surface area contributed by atoms with Crippen LogP contribution < -0.4 is 5.73 Å². The first kappa shape index (κ1) is 13.7. The number of nitrogens with zero attached hydrogens (tertiary/aromatic N) is 1. The summed E-state index contributed by atoms with van der Waals surface area (Å²) in [7, 11) is 0. The average Bonchev–Trinajstić information content (AvgIpc) is 2.02. The molecule has 0 fully saturated rings. The molecule has 0 radical (unpaired) electrons. The molecule has 2 heteroatoms. The summed E-state index contributed by atoms with van der Waals surface area (Å²) in [5.41, 5.74) is 6.22. The Morgan fingerprint density at radius 3 is 2.07 bits per heavy atom. The summed E-state index contributed by atoms with van der Waals surface area (Å²) in [5, 5.41) is 0. The van der Waals surface area contributed by atoms with Gasteiger partial charge in [-0.2, -0.15) is 0 Å². The minimum Gasteiger partial charge on any atom is -0.324 e. The zero-order valence-corrected chi connectivity index (χ0v) is 10.4. The van der Waals surface area contributed by atoms with Crippen molar-refractivity contribution in [3.05, 3.63) is 12.7 Å². The van der Waals surface area contributed by atoms with E-state index in [0.717, 1.165) is 19.5 Å². The normalized spacial score (nSPS) is 16.8. The van der Waals surface area contributed by atoms with Gasteiger partial charge in [0.2, 0.25) is 0 Å². The van der Waals surface area contributed by atoms with E-state index in [4.69, 9.17) is 5.73 Å². The van der Waals surface area contributed by atoms with Crippen LogP contribution in [0.5, 0.6) is 0 Å². The zero-order chi connectivity index (χ0) is 11.4. The predicted molar refractivity (Wildman–Crippen MR) is 64.4 cm³/mol. The average molecular weight is 198 g/mol.